The molecule has 4 aliphatic rings. The van der Waals surface area contributed by atoms with E-state index in [9.17, 15) is 8.42 Å². The van der Waals surface area contributed by atoms with Crippen LogP contribution in [-0.4, -0.2) is 30.6 Å². The number of nitrogens with two attached hydrogens (primary N) is 1. The monoisotopic (exact) mass is 304 g/mol. The minimum atomic E-state index is -4.02. The molecule has 5 nitrogen and oxygen atoms in total. The van der Waals surface area contributed by atoms with E-state index in [4.69, 9.17) is 10.3 Å². The van der Waals surface area contributed by atoms with E-state index in [2.05, 4.69) is 4.99 Å². The number of hydrogen-bond donors (Lipinski definition) is 2. The van der Waals surface area contributed by atoms with Crippen molar-refractivity contribution in [2.24, 2.45) is 34.4 Å². The van der Waals surface area contributed by atoms with Crippen LogP contribution in [0.1, 0.15) is 32.1 Å². The van der Waals surface area contributed by atoms with Gasteiger partial charge < -0.3 is 5.73 Å². The van der Waals surface area contributed by atoms with Crippen molar-refractivity contribution in [3.05, 3.63) is 0 Å². The maximum Gasteiger partial charge on any atom is 0.320 e. The molecule has 0 amide bonds. The maximum absolute atomic E-state index is 10.7. The van der Waals surface area contributed by atoms with Gasteiger partial charge in [0.25, 0.3) is 0 Å². The molecule has 19 heavy (non-hydrogen) atoms. The molecule has 4 bridgehead atoms. The van der Waals surface area contributed by atoms with Crippen LogP contribution in [0.15, 0.2) is 4.99 Å². The van der Waals surface area contributed by atoms with Crippen LogP contribution >= 0.6 is 10.8 Å². The normalized spacial score (nSPS) is 41.7. The third kappa shape index (κ3) is 3.08. The SMILES string of the molecule is NC(CSS(=O)(=O)O)=NC1C2CC3CC(C2)CC1C3. The van der Waals surface area contributed by atoms with E-state index in [1.165, 1.54) is 32.1 Å². The zero-order valence-electron chi connectivity index (χ0n) is 10.7. The third-order valence-corrected chi connectivity index (χ3v) is 6.81. The molecule has 3 N–H and O–H groups in total. The van der Waals surface area contributed by atoms with Crippen LogP contribution in [0.3, 0.4) is 0 Å². The molecule has 7 heteroatoms. The maximum atomic E-state index is 10.7. The molecular weight excluding hydrogens is 284 g/mol. The second-order valence-electron chi connectivity index (χ2n) is 6.23. The van der Waals surface area contributed by atoms with Gasteiger partial charge in [-0.2, -0.15) is 8.42 Å². The molecule has 0 aromatic heterocycles. The Kier molecular flexibility index (Phi) is 3.55. The number of aliphatic imine (C=N–C) groups is 1. The predicted molar refractivity (Wildman–Crippen MR) is 76.5 cm³/mol. The van der Waals surface area contributed by atoms with Gasteiger partial charge in [0.2, 0.25) is 0 Å². The summed E-state index contributed by atoms with van der Waals surface area (Å²) in [4.78, 5) is 4.58. The number of amidine groups is 1. The van der Waals surface area contributed by atoms with E-state index in [-0.39, 0.29) is 11.8 Å². The van der Waals surface area contributed by atoms with Gasteiger partial charge in [-0.15, -0.1) is 0 Å². The highest BCUT2D eigenvalue weighted by molar-refractivity contribution is 8.70. The highest BCUT2D eigenvalue weighted by Crippen LogP contribution is 2.54. The van der Waals surface area contributed by atoms with Crippen molar-refractivity contribution in [1.29, 1.82) is 0 Å². The smallest absolute Gasteiger partial charge is 0.320 e. The van der Waals surface area contributed by atoms with Crippen LogP contribution in [0.5, 0.6) is 0 Å². The highest BCUT2D eigenvalue weighted by atomic mass is 33.1. The summed E-state index contributed by atoms with van der Waals surface area (Å²) in [5.74, 6) is 3.47. The summed E-state index contributed by atoms with van der Waals surface area (Å²) >= 11 is 0. The summed E-state index contributed by atoms with van der Waals surface area (Å²) in [5, 5.41) is 0. The quantitative estimate of drug-likeness (QED) is 0.357. The molecule has 0 saturated heterocycles. The summed E-state index contributed by atoms with van der Waals surface area (Å²) in [7, 11) is -3.58. The Morgan fingerprint density at radius 2 is 1.68 bits per heavy atom. The van der Waals surface area contributed by atoms with E-state index < -0.39 is 9.15 Å². The van der Waals surface area contributed by atoms with Gasteiger partial charge in [-0.3, -0.25) is 9.55 Å². The molecule has 0 heterocycles. The van der Waals surface area contributed by atoms with Crippen LogP contribution in [-0.2, 0) is 9.15 Å². The standard InChI is InChI=1S/C12H20N2O3S2/c13-11(6-18-19(15,16)17)14-12-9-2-7-1-8(4-9)5-10(12)3-7/h7-10,12H,1-6H2,(H2,13,14)(H,15,16,17). The molecule has 0 atom stereocenters. The molecule has 0 unspecified atom stereocenters. The third-order valence-electron chi connectivity index (χ3n) is 4.85. The van der Waals surface area contributed by atoms with Crippen molar-refractivity contribution < 1.29 is 13.0 Å². The van der Waals surface area contributed by atoms with Gasteiger partial charge in [0, 0.05) is 10.8 Å². The summed E-state index contributed by atoms with van der Waals surface area (Å²) in [6, 6.07) is 0.287. The molecule has 4 fully saturated rings. The average Bonchev–Trinajstić information content (AvgIpc) is 2.29. The second kappa shape index (κ2) is 4.93. The largest absolute Gasteiger partial charge is 0.387 e. The van der Waals surface area contributed by atoms with Crippen LogP contribution in [0.2, 0.25) is 0 Å². The van der Waals surface area contributed by atoms with Gasteiger partial charge in [-0.1, -0.05) is 0 Å². The molecule has 0 aliphatic heterocycles. The van der Waals surface area contributed by atoms with Crippen molar-refractivity contribution in [2.75, 3.05) is 5.75 Å². The predicted octanol–water partition coefficient (Wildman–Crippen LogP) is 1.70. The lowest BCUT2D eigenvalue weighted by Gasteiger charge is -2.53. The van der Waals surface area contributed by atoms with Crippen molar-refractivity contribution >= 4 is 25.8 Å². The lowest BCUT2D eigenvalue weighted by atomic mass is 9.54. The van der Waals surface area contributed by atoms with Gasteiger partial charge >= 0.3 is 9.15 Å². The fraction of sp³-hybridized carbons (Fsp3) is 0.917. The number of rotatable bonds is 4. The highest BCUT2D eigenvalue weighted by Gasteiger charge is 2.48. The van der Waals surface area contributed by atoms with Crippen LogP contribution in [0, 0.1) is 23.7 Å². The fourth-order valence-corrected chi connectivity index (χ4v) is 5.62. The Bertz CT molecular complexity index is 461. The summed E-state index contributed by atoms with van der Waals surface area (Å²) in [6.45, 7) is 0. The van der Waals surface area contributed by atoms with Crippen LogP contribution in [0.4, 0.5) is 0 Å². The zero-order chi connectivity index (χ0) is 13.6. The van der Waals surface area contributed by atoms with Crippen molar-refractivity contribution in [3.63, 3.8) is 0 Å². The Balaban J connectivity index is 1.66. The van der Waals surface area contributed by atoms with Gasteiger partial charge in [0.05, 0.1) is 11.8 Å². The summed E-state index contributed by atoms with van der Waals surface area (Å²) < 4.78 is 30.1. The van der Waals surface area contributed by atoms with Crippen LogP contribution in [0.25, 0.3) is 0 Å². The first-order valence-corrected chi connectivity index (χ1v) is 9.79. The Labute approximate surface area is 117 Å². The van der Waals surface area contributed by atoms with E-state index in [1.54, 1.807) is 0 Å². The van der Waals surface area contributed by atoms with Crippen molar-refractivity contribution in [2.45, 2.75) is 38.1 Å². The topological polar surface area (TPSA) is 92.8 Å². The van der Waals surface area contributed by atoms with Gasteiger partial charge in [-0.25, -0.2) is 0 Å². The van der Waals surface area contributed by atoms with E-state index in [0.29, 0.717) is 28.5 Å². The van der Waals surface area contributed by atoms with Crippen molar-refractivity contribution in [3.8, 4) is 0 Å². The van der Waals surface area contributed by atoms with Gasteiger partial charge in [0.1, 0.15) is 5.84 Å². The summed E-state index contributed by atoms with van der Waals surface area (Å²) in [5.41, 5.74) is 5.81. The first-order valence-electron chi connectivity index (χ1n) is 6.84. The average molecular weight is 304 g/mol. The lowest BCUT2D eigenvalue weighted by molar-refractivity contribution is 0.00123. The minimum absolute atomic E-state index is 0.0572. The van der Waals surface area contributed by atoms with Crippen LogP contribution < -0.4 is 5.73 Å². The molecule has 4 aliphatic carbocycles. The van der Waals surface area contributed by atoms with Gasteiger partial charge in [-0.05, 0) is 55.8 Å². The Morgan fingerprint density at radius 3 is 2.16 bits per heavy atom. The second-order valence-corrected chi connectivity index (χ2v) is 9.58. The lowest BCUT2D eigenvalue weighted by Crippen LogP contribution is -2.48. The van der Waals surface area contributed by atoms with E-state index >= 15 is 0 Å². The molecule has 0 radical (unpaired) electrons. The van der Waals surface area contributed by atoms with E-state index in [1.807, 2.05) is 0 Å². The van der Waals surface area contributed by atoms with Gasteiger partial charge in [0.15, 0.2) is 0 Å². The fourth-order valence-electron chi connectivity index (χ4n) is 4.47. The molecule has 0 spiro atoms. The molecule has 0 aromatic rings. The summed E-state index contributed by atoms with van der Waals surface area (Å²) in [6.07, 6.45) is 6.46. The first kappa shape index (κ1) is 13.7. The number of nitrogens with zero attached hydrogens (tertiary/aromatic N) is 1. The molecule has 4 rings (SSSR count). The van der Waals surface area contributed by atoms with E-state index in [0.717, 1.165) is 11.8 Å². The molecular formula is C12H20N2O3S2. The van der Waals surface area contributed by atoms with Crippen molar-refractivity contribution in [1.82, 2.24) is 0 Å². The minimum Gasteiger partial charge on any atom is -0.387 e. The first-order chi connectivity index (χ1) is 8.90. The Morgan fingerprint density at radius 1 is 1.16 bits per heavy atom. The Hall–Kier alpha value is -0.270. The molecule has 4 saturated carbocycles. The molecule has 0 aromatic carbocycles. The molecule has 108 valence electrons. The zero-order valence-corrected chi connectivity index (χ0v) is 12.4. The number of hydrogen-bond acceptors (Lipinski definition) is 4.